The van der Waals surface area contributed by atoms with Gasteiger partial charge in [0.2, 0.25) is 5.91 Å². The zero-order chi connectivity index (χ0) is 19.5. The Morgan fingerprint density at radius 2 is 1.89 bits per heavy atom. The molecule has 1 aromatic heterocycles. The van der Waals surface area contributed by atoms with Crippen LogP contribution in [0.3, 0.4) is 0 Å². The van der Waals surface area contributed by atoms with E-state index in [-0.39, 0.29) is 12.3 Å². The van der Waals surface area contributed by atoms with Crippen LogP contribution in [0.25, 0.3) is 10.9 Å². The van der Waals surface area contributed by atoms with Gasteiger partial charge in [0.25, 0.3) is 0 Å². The van der Waals surface area contributed by atoms with Gasteiger partial charge in [-0.25, -0.2) is 0 Å². The number of nitrogens with one attached hydrogen (secondary N) is 2. The number of amides is 1. The zero-order valence-corrected chi connectivity index (χ0v) is 16.5. The molecule has 1 aliphatic heterocycles. The maximum atomic E-state index is 12.4. The molecule has 0 bridgehead atoms. The first-order valence-corrected chi connectivity index (χ1v) is 9.83. The maximum Gasteiger partial charge on any atom is 0.230 e. The second-order valence-electron chi connectivity index (χ2n) is 7.64. The van der Waals surface area contributed by atoms with Gasteiger partial charge in [-0.2, -0.15) is 5.10 Å². The second-order valence-corrected chi connectivity index (χ2v) is 7.64. The number of nitrogens with zero attached hydrogens (tertiary/aromatic N) is 3. The number of aromatic amines is 1. The molecule has 146 valence electrons. The molecule has 0 atom stereocenters. The Balaban J connectivity index is 1.37. The first-order valence-electron chi connectivity index (χ1n) is 9.83. The lowest BCUT2D eigenvalue weighted by Crippen LogP contribution is -2.41. The summed E-state index contributed by atoms with van der Waals surface area (Å²) in [5.74, 6) is -0.0502. The van der Waals surface area contributed by atoms with Gasteiger partial charge in [0, 0.05) is 29.9 Å². The van der Waals surface area contributed by atoms with Gasteiger partial charge < -0.3 is 15.1 Å². The van der Waals surface area contributed by atoms with Crippen LogP contribution in [-0.4, -0.2) is 54.2 Å². The molecule has 0 aliphatic carbocycles. The molecule has 0 spiro atoms. The molecule has 2 aromatic carbocycles. The molecule has 6 heteroatoms. The van der Waals surface area contributed by atoms with Gasteiger partial charge in [0.1, 0.15) is 0 Å². The topological polar surface area (TPSA) is 64.3 Å². The minimum absolute atomic E-state index is 0.0502. The Kier molecular flexibility index (Phi) is 5.30. The fourth-order valence-corrected chi connectivity index (χ4v) is 3.89. The molecule has 3 aromatic rings. The predicted octanol–water partition coefficient (Wildman–Crippen LogP) is 3.27. The molecular formula is C22H27N5O. The van der Waals surface area contributed by atoms with E-state index in [4.69, 9.17) is 0 Å². The molecule has 6 nitrogen and oxygen atoms in total. The molecule has 0 saturated carbocycles. The number of benzene rings is 2. The SMILES string of the molecule is CN1CCC(N(C)c2ccc(NC(=O)Cc3[nH]nc4ccccc34)cc2)CC1. The summed E-state index contributed by atoms with van der Waals surface area (Å²) >= 11 is 0. The lowest BCUT2D eigenvalue weighted by Gasteiger charge is -2.36. The lowest BCUT2D eigenvalue weighted by molar-refractivity contribution is -0.115. The first kappa shape index (κ1) is 18.5. The zero-order valence-electron chi connectivity index (χ0n) is 16.5. The fraction of sp³-hybridized carbons (Fsp3) is 0.364. The quantitative estimate of drug-likeness (QED) is 0.716. The third-order valence-electron chi connectivity index (χ3n) is 5.67. The van der Waals surface area contributed by atoms with Gasteiger partial charge >= 0.3 is 0 Å². The van der Waals surface area contributed by atoms with E-state index in [0.29, 0.717) is 6.04 Å². The lowest BCUT2D eigenvalue weighted by atomic mass is 10.0. The predicted molar refractivity (Wildman–Crippen MR) is 114 cm³/mol. The van der Waals surface area contributed by atoms with E-state index in [9.17, 15) is 4.79 Å². The largest absolute Gasteiger partial charge is 0.372 e. The first-order chi connectivity index (χ1) is 13.6. The van der Waals surface area contributed by atoms with Crippen LogP contribution >= 0.6 is 0 Å². The third-order valence-corrected chi connectivity index (χ3v) is 5.67. The Hall–Kier alpha value is -2.86. The van der Waals surface area contributed by atoms with Gasteiger partial charge in [-0.1, -0.05) is 18.2 Å². The number of rotatable bonds is 5. The van der Waals surface area contributed by atoms with Gasteiger partial charge in [-0.3, -0.25) is 9.89 Å². The number of anilines is 2. The van der Waals surface area contributed by atoms with Crippen molar-refractivity contribution in [3.8, 4) is 0 Å². The number of para-hydroxylation sites is 1. The molecule has 4 rings (SSSR count). The van der Waals surface area contributed by atoms with Crippen LogP contribution in [0.4, 0.5) is 11.4 Å². The van der Waals surface area contributed by atoms with Crippen LogP contribution in [-0.2, 0) is 11.2 Å². The van der Waals surface area contributed by atoms with Gasteiger partial charge in [-0.05, 0) is 63.3 Å². The summed E-state index contributed by atoms with van der Waals surface area (Å²) in [7, 11) is 4.34. The highest BCUT2D eigenvalue weighted by molar-refractivity contribution is 5.95. The maximum absolute atomic E-state index is 12.4. The standard InChI is InChI=1S/C22H27N5O/c1-26-13-11-18(12-14-26)27(2)17-9-7-16(8-10-17)23-22(28)15-21-19-5-3-4-6-20(19)24-25-21/h3-10,18H,11-15H2,1-2H3,(H,23,28)(H,24,25). The van der Waals surface area contributed by atoms with Crippen molar-refractivity contribution in [2.45, 2.75) is 25.3 Å². The highest BCUT2D eigenvalue weighted by Crippen LogP contribution is 2.23. The van der Waals surface area contributed by atoms with Crippen molar-refractivity contribution < 1.29 is 4.79 Å². The van der Waals surface area contributed by atoms with E-state index in [1.54, 1.807) is 0 Å². The fourth-order valence-electron chi connectivity index (χ4n) is 3.89. The molecule has 1 fully saturated rings. The smallest absolute Gasteiger partial charge is 0.230 e. The van der Waals surface area contributed by atoms with Crippen LogP contribution < -0.4 is 10.2 Å². The summed E-state index contributed by atoms with van der Waals surface area (Å²) in [6.45, 7) is 2.29. The van der Waals surface area contributed by atoms with E-state index < -0.39 is 0 Å². The van der Waals surface area contributed by atoms with Crippen LogP contribution in [0.1, 0.15) is 18.5 Å². The van der Waals surface area contributed by atoms with Crippen molar-refractivity contribution in [2.24, 2.45) is 0 Å². The number of likely N-dealkylation sites (tertiary alicyclic amines) is 1. The Morgan fingerprint density at radius 3 is 2.64 bits per heavy atom. The molecule has 1 aliphatic rings. The molecular weight excluding hydrogens is 350 g/mol. The van der Waals surface area contributed by atoms with Crippen LogP contribution in [0, 0.1) is 0 Å². The molecule has 1 saturated heterocycles. The minimum atomic E-state index is -0.0502. The summed E-state index contributed by atoms with van der Waals surface area (Å²) in [6.07, 6.45) is 2.64. The minimum Gasteiger partial charge on any atom is -0.372 e. The number of hydrogen-bond acceptors (Lipinski definition) is 4. The van der Waals surface area contributed by atoms with Crippen molar-refractivity contribution in [3.63, 3.8) is 0 Å². The van der Waals surface area contributed by atoms with E-state index in [1.807, 2.05) is 36.4 Å². The average molecular weight is 377 g/mol. The second kappa shape index (κ2) is 8.02. The summed E-state index contributed by atoms with van der Waals surface area (Å²) in [6, 6.07) is 16.5. The Morgan fingerprint density at radius 1 is 1.18 bits per heavy atom. The van der Waals surface area contributed by atoms with Gasteiger partial charge in [-0.15, -0.1) is 0 Å². The Labute approximate surface area is 165 Å². The van der Waals surface area contributed by atoms with Crippen molar-refractivity contribution in [2.75, 3.05) is 37.4 Å². The van der Waals surface area contributed by atoms with Crippen molar-refractivity contribution in [1.82, 2.24) is 15.1 Å². The summed E-state index contributed by atoms with van der Waals surface area (Å²) in [5, 5.41) is 11.2. The summed E-state index contributed by atoms with van der Waals surface area (Å²) in [5.41, 5.74) is 3.72. The Bertz CT molecular complexity index is 941. The average Bonchev–Trinajstić information content (AvgIpc) is 3.11. The molecule has 2 heterocycles. The number of hydrogen-bond donors (Lipinski definition) is 2. The third kappa shape index (κ3) is 4.02. The normalized spacial score (nSPS) is 15.6. The van der Waals surface area contributed by atoms with Crippen LogP contribution in [0.2, 0.25) is 0 Å². The molecule has 2 N–H and O–H groups in total. The van der Waals surface area contributed by atoms with Crippen molar-refractivity contribution in [3.05, 3.63) is 54.2 Å². The van der Waals surface area contributed by atoms with Crippen molar-refractivity contribution >= 4 is 28.2 Å². The molecule has 28 heavy (non-hydrogen) atoms. The number of aromatic nitrogens is 2. The van der Waals surface area contributed by atoms with Gasteiger partial charge in [0.15, 0.2) is 0 Å². The summed E-state index contributed by atoms with van der Waals surface area (Å²) in [4.78, 5) is 17.2. The van der Waals surface area contributed by atoms with Crippen LogP contribution in [0.15, 0.2) is 48.5 Å². The molecule has 0 radical (unpaired) electrons. The van der Waals surface area contributed by atoms with E-state index in [2.05, 4.69) is 51.5 Å². The molecule has 1 amide bonds. The van der Waals surface area contributed by atoms with Gasteiger partial charge in [0.05, 0.1) is 17.6 Å². The monoisotopic (exact) mass is 377 g/mol. The number of piperidine rings is 1. The number of H-pyrrole nitrogens is 1. The number of carbonyl (C=O) groups excluding carboxylic acids is 1. The van der Waals surface area contributed by atoms with E-state index >= 15 is 0 Å². The highest BCUT2D eigenvalue weighted by atomic mass is 16.1. The molecule has 0 unspecified atom stereocenters. The highest BCUT2D eigenvalue weighted by Gasteiger charge is 2.20. The number of carbonyl (C=O) groups is 1. The van der Waals surface area contributed by atoms with E-state index in [0.717, 1.165) is 35.4 Å². The van der Waals surface area contributed by atoms with E-state index in [1.165, 1.54) is 18.5 Å². The van der Waals surface area contributed by atoms with Crippen molar-refractivity contribution in [1.29, 1.82) is 0 Å². The number of fused-ring (bicyclic) bond motifs is 1. The summed E-state index contributed by atoms with van der Waals surface area (Å²) < 4.78 is 0. The van der Waals surface area contributed by atoms with Crippen LogP contribution in [0.5, 0.6) is 0 Å².